The number of rotatable bonds is 8. The summed E-state index contributed by atoms with van der Waals surface area (Å²) in [7, 11) is 0. The third-order valence-electron chi connectivity index (χ3n) is 3.98. The van der Waals surface area contributed by atoms with Crippen molar-refractivity contribution >= 4 is 11.0 Å². The van der Waals surface area contributed by atoms with E-state index >= 15 is 0 Å². The topological polar surface area (TPSA) is 49.2 Å². The predicted octanol–water partition coefficient (Wildman–Crippen LogP) is 3.81. The van der Waals surface area contributed by atoms with Gasteiger partial charge in [0.2, 0.25) is 0 Å². The van der Waals surface area contributed by atoms with Crippen molar-refractivity contribution in [3.05, 3.63) is 60.2 Å². The second kappa shape index (κ2) is 8.04. The Labute approximate surface area is 142 Å². The molecule has 0 N–H and O–H groups in total. The molecule has 5 nitrogen and oxygen atoms in total. The lowest BCUT2D eigenvalue weighted by Gasteiger charge is -2.24. The van der Waals surface area contributed by atoms with E-state index in [2.05, 4.69) is 22.4 Å². The first-order valence-electron chi connectivity index (χ1n) is 8.41. The van der Waals surface area contributed by atoms with Crippen molar-refractivity contribution in [3.8, 4) is 0 Å². The highest BCUT2D eigenvalue weighted by atomic mass is 16.7. The lowest BCUT2D eigenvalue weighted by atomic mass is 10.0. The van der Waals surface area contributed by atoms with E-state index in [9.17, 15) is 0 Å². The van der Waals surface area contributed by atoms with Crippen LogP contribution in [-0.2, 0) is 9.47 Å². The molecule has 1 unspecified atom stereocenters. The Morgan fingerprint density at radius 3 is 2.29 bits per heavy atom. The van der Waals surface area contributed by atoms with Crippen molar-refractivity contribution in [3.63, 3.8) is 0 Å². The number of hydrogen-bond acceptors (Lipinski definition) is 4. The molecule has 0 amide bonds. The number of ether oxygens (including phenoxy) is 2. The molecule has 3 aromatic rings. The number of para-hydroxylation sites is 1. The summed E-state index contributed by atoms with van der Waals surface area (Å²) in [6.07, 6.45) is 0.409. The highest BCUT2D eigenvalue weighted by molar-refractivity contribution is 5.74. The first-order valence-corrected chi connectivity index (χ1v) is 8.41. The number of aromatic nitrogens is 3. The van der Waals surface area contributed by atoms with Gasteiger partial charge in [0.1, 0.15) is 5.52 Å². The second-order valence-corrected chi connectivity index (χ2v) is 5.53. The zero-order valence-electron chi connectivity index (χ0n) is 14.1. The van der Waals surface area contributed by atoms with E-state index < -0.39 is 0 Å². The van der Waals surface area contributed by atoms with Gasteiger partial charge in [-0.3, -0.25) is 0 Å². The molecule has 0 spiro atoms. The largest absolute Gasteiger partial charge is 0.353 e. The lowest BCUT2D eigenvalue weighted by molar-refractivity contribution is -0.143. The van der Waals surface area contributed by atoms with Crippen molar-refractivity contribution < 1.29 is 9.47 Å². The van der Waals surface area contributed by atoms with E-state index in [0.29, 0.717) is 19.6 Å². The molecule has 126 valence electrons. The van der Waals surface area contributed by atoms with Crippen LogP contribution in [0.3, 0.4) is 0 Å². The molecule has 1 atom stereocenters. The van der Waals surface area contributed by atoms with Crippen molar-refractivity contribution in [2.75, 3.05) is 13.2 Å². The lowest BCUT2D eigenvalue weighted by Crippen LogP contribution is -2.24. The van der Waals surface area contributed by atoms with Crippen molar-refractivity contribution in [2.24, 2.45) is 0 Å². The summed E-state index contributed by atoms with van der Waals surface area (Å²) in [6, 6.07) is 18.3. The fourth-order valence-corrected chi connectivity index (χ4v) is 2.91. The van der Waals surface area contributed by atoms with Gasteiger partial charge in [0, 0.05) is 19.6 Å². The van der Waals surface area contributed by atoms with Crippen LogP contribution in [0.25, 0.3) is 11.0 Å². The van der Waals surface area contributed by atoms with Crippen LogP contribution >= 0.6 is 0 Å². The van der Waals surface area contributed by atoms with Gasteiger partial charge in [0.15, 0.2) is 6.29 Å². The molecule has 0 aliphatic carbocycles. The summed E-state index contributed by atoms with van der Waals surface area (Å²) in [5, 5.41) is 8.70. The average Bonchev–Trinajstić information content (AvgIpc) is 3.04. The average molecular weight is 325 g/mol. The van der Waals surface area contributed by atoms with E-state index in [0.717, 1.165) is 16.6 Å². The van der Waals surface area contributed by atoms with Crippen LogP contribution in [0, 0.1) is 0 Å². The minimum Gasteiger partial charge on any atom is -0.353 e. The van der Waals surface area contributed by atoms with Gasteiger partial charge in [-0.2, -0.15) is 0 Å². The van der Waals surface area contributed by atoms with Crippen molar-refractivity contribution in [2.45, 2.75) is 32.6 Å². The molecule has 0 fully saturated rings. The molecule has 0 saturated heterocycles. The van der Waals surface area contributed by atoms with Gasteiger partial charge >= 0.3 is 0 Å². The van der Waals surface area contributed by atoms with E-state index in [1.165, 1.54) is 0 Å². The van der Waals surface area contributed by atoms with Gasteiger partial charge in [0.05, 0.1) is 11.6 Å². The van der Waals surface area contributed by atoms with Crippen molar-refractivity contribution in [1.29, 1.82) is 0 Å². The molecule has 0 aliphatic heterocycles. The Morgan fingerprint density at radius 2 is 1.58 bits per heavy atom. The molecule has 0 radical (unpaired) electrons. The Kier molecular flexibility index (Phi) is 5.56. The molecule has 2 aromatic carbocycles. The zero-order chi connectivity index (χ0) is 16.8. The van der Waals surface area contributed by atoms with Crippen molar-refractivity contribution in [1.82, 2.24) is 15.0 Å². The van der Waals surface area contributed by atoms with Crippen LogP contribution < -0.4 is 0 Å². The summed E-state index contributed by atoms with van der Waals surface area (Å²) < 4.78 is 13.5. The SMILES string of the molecule is CCOC(CC(c1ccccc1)n1nnc2ccccc21)OCC. The first-order chi connectivity index (χ1) is 11.8. The van der Waals surface area contributed by atoms with E-state index in [1.807, 2.05) is 61.0 Å². The van der Waals surface area contributed by atoms with Crippen LogP contribution in [0.2, 0.25) is 0 Å². The number of nitrogens with zero attached hydrogens (tertiary/aromatic N) is 3. The monoisotopic (exact) mass is 325 g/mol. The molecule has 0 saturated carbocycles. The van der Waals surface area contributed by atoms with Crippen LogP contribution in [0.4, 0.5) is 0 Å². The summed E-state index contributed by atoms with van der Waals surface area (Å²) in [6.45, 7) is 5.19. The Bertz CT molecular complexity index is 751. The quantitative estimate of drug-likeness (QED) is 0.591. The molecule has 0 bridgehead atoms. The summed E-state index contributed by atoms with van der Waals surface area (Å²) in [5.74, 6) is 0. The molecule has 24 heavy (non-hydrogen) atoms. The molecule has 0 aliphatic rings. The zero-order valence-corrected chi connectivity index (χ0v) is 14.1. The summed E-state index contributed by atoms with van der Waals surface area (Å²) >= 11 is 0. The number of fused-ring (bicyclic) bond motifs is 1. The maximum atomic E-state index is 5.76. The number of benzene rings is 2. The molecule has 5 heteroatoms. The highest BCUT2D eigenvalue weighted by Gasteiger charge is 2.23. The maximum Gasteiger partial charge on any atom is 0.159 e. The smallest absolute Gasteiger partial charge is 0.159 e. The molecular formula is C19H23N3O2. The molecule has 1 aromatic heterocycles. The fourth-order valence-electron chi connectivity index (χ4n) is 2.91. The van der Waals surface area contributed by atoms with Crippen LogP contribution in [0.1, 0.15) is 31.9 Å². The van der Waals surface area contributed by atoms with Gasteiger partial charge in [-0.05, 0) is 31.5 Å². The van der Waals surface area contributed by atoms with Gasteiger partial charge in [-0.1, -0.05) is 47.7 Å². The normalized spacial score (nSPS) is 12.8. The van der Waals surface area contributed by atoms with Gasteiger partial charge in [-0.25, -0.2) is 4.68 Å². The Morgan fingerprint density at radius 1 is 0.917 bits per heavy atom. The van der Waals surface area contributed by atoms with Crippen LogP contribution in [-0.4, -0.2) is 34.5 Å². The van der Waals surface area contributed by atoms with E-state index in [4.69, 9.17) is 9.47 Å². The first kappa shape index (κ1) is 16.6. The van der Waals surface area contributed by atoms with E-state index in [-0.39, 0.29) is 12.3 Å². The highest BCUT2D eigenvalue weighted by Crippen LogP contribution is 2.27. The van der Waals surface area contributed by atoms with Crippen LogP contribution in [0.15, 0.2) is 54.6 Å². The van der Waals surface area contributed by atoms with Gasteiger partial charge < -0.3 is 9.47 Å². The fraction of sp³-hybridized carbons (Fsp3) is 0.368. The molecule has 3 rings (SSSR count). The number of hydrogen-bond donors (Lipinski definition) is 0. The van der Waals surface area contributed by atoms with Gasteiger partial charge in [0.25, 0.3) is 0 Å². The Balaban J connectivity index is 1.99. The summed E-state index contributed by atoms with van der Waals surface area (Å²) in [5.41, 5.74) is 3.07. The molecular weight excluding hydrogens is 302 g/mol. The third-order valence-corrected chi connectivity index (χ3v) is 3.98. The minimum atomic E-state index is -0.270. The van der Waals surface area contributed by atoms with E-state index in [1.54, 1.807) is 0 Å². The van der Waals surface area contributed by atoms with Gasteiger partial charge in [-0.15, -0.1) is 5.10 Å². The third kappa shape index (κ3) is 3.63. The predicted molar refractivity (Wildman–Crippen MR) is 93.8 cm³/mol. The summed E-state index contributed by atoms with van der Waals surface area (Å²) in [4.78, 5) is 0. The Hall–Kier alpha value is -2.24. The van der Waals surface area contributed by atoms with Crippen LogP contribution in [0.5, 0.6) is 0 Å². The maximum absolute atomic E-state index is 5.76. The molecule has 1 heterocycles. The standard InChI is InChI=1S/C19H23N3O2/c1-3-23-19(24-4-2)14-18(15-10-6-5-7-11-15)22-17-13-9-8-12-16(17)20-21-22/h5-13,18-19H,3-4,14H2,1-2H3. The second-order valence-electron chi connectivity index (χ2n) is 5.53. The minimum absolute atomic E-state index is 0.00157.